The SMILES string of the molecule is CCCN(C)CC1CCN(c2nc(C)c([N+](=O)[O-])c(N3CCC(CN(C)CCC)C3)n2)C1. The number of hydrogen-bond donors (Lipinski definition) is 0. The van der Waals surface area contributed by atoms with Gasteiger partial charge in [0.2, 0.25) is 11.8 Å². The molecule has 2 unspecified atom stereocenters. The van der Waals surface area contributed by atoms with Crippen LogP contribution in [-0.4, -0.2) is 91.1 Å². The smallest absolute Gasteiger partial charge is 0.332 e. The molecule has 9 nitrogen and oxygen atoms in total. The molecule has 32 heavy (non-hydrogen) atoms. The minimum atomic E-state index is -0.308. The Morgan fingerprint density at radius 2 is 1.50 bits per heavy atom. The van der Waals surface area contributed by atoms with E-state index in [2.05, 4.69) is 52.5 Å². The van der Waals surface area contributed by atoms with E-state index in [1.807, 2.05) is 0 Å². The first-order valence-electron chi connectivity index (χ1n) is 12.2. The lowest BCUT2D eigenvalue weighted by Gasteiger charge is -2.24. The summed E-state index contributed by atoms with van der Waals surface area (Å²) < 4.78 is 0. The topological polar surface area (TPSA) is 81.9 Å². The molecule has 2 aliphatic heterocycles. The molecule has 180 valence electrons. The second-order valence-electron chi connectivity index (χ2n) is 9.76. The van der Waals surface area contributed by atoms with Gasteiger partial charge in [-0.15, -0.1) is 0 Å². The third kappa shape index (κ3) is 6.07. The maximum absolute atomic E-state index is 11.9. The highest BCUT2D eigenvalue weighted by Crippen LogP contribution is 2.35. The van der Waals surface area contributed by atoms with Crippen molar-refractivity contribution in [2.24, 2.45) is 11.8 Å². The van der Waals surface area contributed by atoms with E-state index in [9.17, 15) is 10.1 Å². The van der Waals surface area contributed by atoms with Crippen molar-refractivity contribution in [1.82, 2.24) is 19.8 Å². The van der Waals surface area contributed by atoms with Gasteiger partial charge in [0.05, 0.1) is 4.92 Å². The van der Waals surface area contributed by atoms with Gasteiger partial charge in [-0.3, -0.25) is 10.1 Å². The fourth-order valence-electron chi connectivity index (χ4n) is 5.28. The molecule has 3 rings (SSSR count). The molecule has 2 aliphatic rings. The Kier molecular flexibility index (Phi) is 8.64. The number of rotatable bonds is 11. The van der Waals surface area contributed by atoms with E-state index in [1.165, 1.54) is 0 Å². The normalized spacial score (nSPS) is 21.3. The molecule has 9 heteroatoms. The van der Waals surface area contributed by atoms with Gasteiger partial charge in [0, 0.05) is 39.3 Å². The summed E-state index contributed by atoms with van der Waals surface area (Å²) >= 11 is 0. The van der Waals surface area contributed by atoms with Crippen LogP contribution in [0.15, 0.2) is 0 Å². The Bertz CT molecular complexity index is 775. The van der Waals surface area contributed by atoms with Crippen LogP contribution in [0.3, 0.4) is 0 Å². The highest BCUT2D eigenvalue weighted by Gasteiger charge is 2.34. The summed E-state index contributed by atoms with van der Waals surface area (Å²) in [6.07, 6.45) is 4.45. The molecule has 0 aromatic carbocycles. The summed E-state index contributed by atoms with van der Waals surface area (Å²) in [6, 6.07) is 0. The Morgan fingerprint density at radius 1 is 0.969 bits per heavy atom. The molecule has 0 N–H and O–H groups in total. The van der Waals surface area contributed by atoms with Crippen LogP contribution in [0.5, 0.6) is 0 Å². The summed E-state index contributed by atoms with van der Waals surface area (Å²) in [5.74, 6) is 2.24. The van der Waals surface area contributed by atoms with Gasteiger partial charge in [0.1, 0.15) is 5.69 Å². The van der Waals surface area contributed by atoms with Gasteiger partial charge in [0.15, 0.2) is 0 Å². The number of aromatic nitrogens is 2. The number of nitro groups is 1. The van der Waals surface area contributed by atoms with Gasteiger partial charge in [-0.25, -0.2) is 4.98 Å². The van der Waals surface area contributed by atoms with E-state index < -0.39 is 0 Å². The molecule has 2 fully saturated rings. The highest BCUT2D eigenvalue weighted by molar-refractivity contribution is 5.63. The average Bonchev–Trinajstić information content (AvgIpc) is 3.37. The number of hydrogen-bond acceptors (Lipinski definition) is 8. The standard InChI is InChI=1S/C23H41N7O2/c1-6-10-26(4)14-19-8-12-28(16-19)22-21(30(31)32)18(3)24-23(25-22)29-13-9-20(17-29)15-27(5)11-7-2/h19-20H,6-17H2,1-5H3. The third-order valence-electron chi connectivity index (χ3n) is 6.72. The van der Waals surface area contributed by atoms with Crippen LogP contribution in [0.25, 0.3) is 0 Å². The summed E-state index contributed by atoms with van der Waals surface area (Å²) in [7, 11) is 4.34. The van der Waals surface area contributed by atoms with Crippen molar-refractivity contribution < 1.29 is 4.92 Å². The molecule has 0 amide bonds. The lowest BCUT2D eigenvalue weighted by Crippen LogP contribution is -2.31. The first-order chi connectivity index (χ1) is 15.3. The van der Waals surface area contributed by atoms with Gasteiger partial charge in [-0.05, 0) is 71.6 Å². The Balaban J connectivity index is 1.75. The number of anilines is 2. The van der Waals surface area contributed by atoms with E-state index in [0.29, 0.717) is 29.3 Å². The van der Waals surface area contributed by atoms with Crippen molar-refractivity contribution in [2.75, 3.05) is 76.3 Å². The molecular formula is C23H41N7O2. The van der Waals surface area contributed by atoms with E-state index >= 15 is 0 Å². The first-order valence-corrected chi connectivity index (χ1v) is 12.2. The minimum absolute atomic E-state index is 0.0646. The third-order valence-corrected chi connectivity index (χ3v) is 6.72. The van der Waals surface area contributed by atoms with Crippen LogP contribution in [-0.2, 0) is 0 Å². The molecular weight excluding hydrogens is 406 g/mol. The highest BCUT2D eigenvalue weighted by atomic mass is 16.6. The van der Waals surface area contributed by atoms with Crippen molar-refractivity contribution in [3.05, 3.63) is 15.8 Å². The van der Waals surface area contributed by atoms with E-state index in [1.54, 1.807) is 6.92 Å². The molecule has 0 aliphatic carbocycles. The van der Waals surface area contributed by atoms with Gasteiger partial charge in [-0.1, -0.05) is 13.8 Å². The fourth-order valence-corrected chi connectivity index (χ4v) is 5.28. The summed E-state index contributed by atoms with van der Waals surface area (Å²) in [5, 5.41) is 11.9. The Morgan fingerprint density at radius 3 is 2.03 bits per heavy atom. The van der Waals surface area contributed by atoms with Crippen molar-refractivity contribution >= 4 is 17.5 Å². The van der Waals surface area contributed by atoms with E-state index in [0.717, 1.165) is 78.0 Å². The first kappa shape index (κ1) is 24.6. The second kappa shape index (κ2) is 11.2. The zero-order valence-corrected chi connectivity index (χ0v) is 20.6. The van der Waals surface area contributed by atoms with Crippen molar-refractivity contribution in [3.8, 4) is 0 Å². The van der Waals surface area contributed by atoms with Gasteiger partial charge >= 0.3 is 5.69 Å². The van der Waals surface area contributed by atoms with Crippen LogP contribution in [0.4, 0.5) is 17.5 Å². The maximum Gasteiger partial charge on any atom is 0.332 e. The Labute approximate surface area is 192 Å². The van der Waals surface area contributed by atoms with Crippen molar-refractivity contribution in [3.63, 3.8) is 0 Å². The predicted octanol–water partition coefficient (Wildman–Crippen LogP) is 3.03. The second-order valence-corrected chi connectivity index (χ2v) is 9.76. The van der Waals surface area contributed by atoms with Crippen LogP contribution < -0.4 is 9.80 Å². The summed E-state index contributed by atoms with van der Waals surface area (Å²) in [4.78, 5) is 30.0. The van der Waals surface area contributed by atoms with Crippen LogP contribution >= 0.6 is 0 Å². The quantitative estimate of drug-likeness (QED) is 0.378. The maximum atomic E-state index is 11.9. The number of nitrogens with zero attached hydrogens (tertiary/aromatic N) is 7. The van der Waals surface area contributed by atoms with Crippen LogP contribution in [0.1, 0.15) is 45.2 Å². The van der Waals surface area contributed by atoms with Crippen molar-refractivity contribution in [2.45, 2.75) is 46.5 Å². The molecule has 1 aromatic heterocycles. The fraction of sp³-hybridized carbons (Fsp3) is 0.826. The molecule has 3 heterocycles. The van der Waals surface area contributed by atoms with Crippen molar-refractivity contribution in [1.29, 1.82) is 0 Å². The molecule has 1 aromatic rings. The Hall–Kier alpha value is -2.00. The molecule has 2 saturated heterocycles. The monoisotopic (exact) mass is 447 g/mol. The summed E-state index contributed by atoms with van der Waals surface area (Å²) in [6.45, 7) is 13.9. The van der Waals surface area contributed by atoms with Crippen LogP contribution in [0, 0.1) is 28.9 Å². The van der Waals surface area contributed by atoms with Gasteiger partial charge in [-0.2, -0.15) is 4.98 Å². The molecule has 0 saturated carbocycles. The molecule has 0 bridgehead atoms. The molecule has 0 spiro atoms. The molecule has 2 atom stereocenters. The lowest BCUT2D eigenvalue weighted by atomic mass is 10.1. The number of aryl methyl sites for hydroxylation is 1. The molecule has 0 radical (unpaired) electrons. The zero-order valence-electron chi connectivity index (χ0n) is 20.6. The minimum Gasteiger partial charge on any atom is -0.350 e. The predicted molar refractivity (Wildman–Crippen MR) is 130 cm³/mol. The van der Waals surface area contributed by atoms with Gasteiger partial charge in [0.25, 0.3) is 0 Å². The lowest BCUT2D eigenvalue weighted by molar-refractivity contribution is -0.385. The van der Waals surface area contributed by atoms with E-state index in [4.69, 9.17) is 4.98 Å². The largest absolute Gasteiger partial charge is 0.350 e. The summed E-state index contributed by atoms with van der Waals surface area (Å²) in [5.41, 5.74) is 0.530. The van der Waals surface area contributed by atoms with E-state index in [-0.39, 0.29) is 10.6 Å². The van der Waals surface area contributed by atoms with Crippen LogP contribution in [0.2, 0.25) is 0 Å². The zero-order chi connectivity index (χ0) is 23.3. The average molecular weight is 448 g/mol. The van der Waals surface area contributed by atoms with Gasteiger partial charge < -0.3 is 19.6 Å².